The lowest BCUT2D eigenvalue weighted by molar-refractivity contribution is 0.620. The van der Waals surface area contributed by atoms with E-state index in [1.165, 1.54) is 10.8 Å². The van der Waals surface area contributed by atoms with Crippen LogP contribution in [0.15, 0.2) is 147 Å². The van der Waals surface area contributed by atoms with Gasteiger partial charge in [0.1, 0.15) is 27.8 Å². The van der Waals surface area contributed by atoms with Gasteiger partial charge in [0.05, 0.1) is 22.1 Å². The van der Waals surface area contributed by atoms with Gasteiger partial charge in [-0.1, -0.05) is 78.9 Å². The molecule has 0 aliphatic rings. The number of fused-ring (bicyclic) bond motifs is 13. The third-order valence-corrected chi connectivity index (χ3v) is 9.42. The van der Waals surface area contributed by atoms with Gasteiger partial charge in [-0.15, -0.1) is 0 Å². The molecule has 7 aromatic carbocycles. The van der Waals surface area contributed by atoms with Crippen molar-refractivity contribution in [2.75, 3.05) is 0 Å². The molecule has 0 atom stereocenters. The van der Waals surface area contributed by atoms with Crippen LogP contribution in [0.4, 0.5) is 0 Å². The Bertz CT molecular complexity index is 3010. The van der Waals surface area contributed by atoms with Crippen molar-refractivity contribution >= 4 is 87.6 Å². The molecule has 11 aromatic rings. The van der Waals surface area contributed by atoms with Crippen molar-refractivity contribution in [3.05, 3.63) is 133 Å². The zero-order chi connectivity index (χ0) is 29.9. The molecular weight excluding hydrogens is 568 g/mol. The van der Waals surface area contributed by atoms with Crippen molar-refractivity contribution in [3.8, 4) is 17.1 Å². The van der Waals surface area contributed by atoms with E-state index in [9.17, 15) is 0 Å². The number of rotatable bonds is 2. The van der Waals surface area contributed by atoms with Gasteiger partial charge < -0.3 is 17.8 Å². The first-order valence-electron chi connectivity index (χ1n) is 15.4. The maximum absolute atomic E-state index is 6.68. The number of hydrogen-bond acceptors (Lipinski definition) is 4. The fourth-order valence-electron chi connectivity index (χ4n) is 7.55. The number of oxazole rings is 1. The fourth-order valence-corrected chi connectivity index (χ4v) is 7.55. The third-order valence-electron chi connectivity index (χ3n) is 9.42. The highest BCUT2D eigenvalue weighted by Crippen LogP contribution is 2.45. The topological polar surface area (TPSA) is 57.2 Å². The number of para-hydroxylation sites is 4. The van der Waals surface area contributed by atoms with Crippen molar-refractivity contribution in [2.24, 2.45) is 0 Å². The molecule has 0 bridgehead atoms. The van der Waals surface area contributed by atoms with Gasteiger partial charge in [0.2, 0.25) is 5.89 Å². The predicted octanol–water partition coefficient (Wildman–Crippen LogP) is 11.5. The summed E-state index contributed by atoms with van der Waals surface area (Å²) in [7, 11) is 0. The summed E-state index contributed by atoms with van der Waals surface area (Å²) in [6, 6.07) is 46.0. The molecule has 0 amide bonds. The Kier molecular flexibility index (Phi) is 4.52. The molecule has 0 spiro atoms. The minimum atomic E-state index is 0.582. The zero-order valence-corrected chi connectivity index (χ0v) is 24.3. The van der Waals surface area contributed by atoms with Gasteiger partial charge in [-0.25, -0.2) is 4.98 Å². The average molecular weight is 591 g/mol. The second kappa shape index (κ2) is 8.65. The van der Waals surface area contributed by atoms with Gasteiger partial charge >= 0.3 is 0 Å². The van der Waals surface area contributed by atoms with Gasteiger partial charge in [0, 0.05) is 32.5 Å². The average Bonchev–Trinajstić information content (AvgIpc) is 3.87. The highest BCUT2D eigenvalue weighted by atomic mass is 16.4. The van der Waals surface area contributed by atoms with E-state index in [4.69, 9.17) is 18.2 Å². The van der Waals surface area contributed by atoms with Crippen LogP contribution < -0.4 is 0 Å². The number of furan rings is 2. The second-order valence-electron chi connectivity index (χ2n) is 11.9. The summed E-state index contributed by atoms with van der Waals surface area (Å²) in [4.78, 5) is 4.84. The normalized spacial score (nSPS) is 12.3. The van der Waals surface area contributed by atoms with Crippen molar-refractivity contribution in [2.45, 2.75) is 0 Å². The van der Waals surface area contributed by atoms with E-state index in [2.05, 4.69) is 102 Å². The minimum Gasteiger partial charge on any atom is -0.456 e. The fraction of sp³-hybridized carbons (Fsp3) is 0. The zero-order valence-electron chi connectivity index (χ0n) is 24.3. The molecule has 0 unspecified atom stereocenters. The van der Waals surface area contributed by atoms with E-state index < -0.39 is 0 Å². The van der Waals surface area contributed by atoms with Crippen LogP contribution in [0, 0.1) is 0 Å². The lowest BCUT2D eigenvalue weighted by Crippen LogP contribution is -1.94. The van der Waals surface area contributed by atoms with Gasteiger partial charge in [-0.2, -0.15) is 0 Å². The molecule has 0 radical (unpaired) electrons. The SMILES string of the molecule is c1ccc2oc(-c3cc4oc5cccc(-n6c7ccccc7c7c8c(ccc76)oc6ccccc68)c5c4c4ccccc34)nc2c1. The summed E-state index contributed by atoms with van der Waals surface area (Å²) < 4.78 is 21.6. The van der Waals surface area contributed by atoms with Crippen molar-refractivity contribution in [1.82, 2.24) is 9.55 Å². The molecule has 4 heterocycles. The molecule has 0 N–H and O–H groups in total. The lowest BCUT2D eigenvalue weighted by atomic mass is 9.98. The van der Waals surface area contributed by atoms with Crippen LogP contribution in [0.5, 0.6) is 0 Å². The summed E-state index contributed by atoms with van der Waals surface area (Å²) in [5.41, 5.74) is 9.22. The van der Waals surface area contributed by atoms with Crippen molar-refractivity contribution < 1.29 is 13.3 Å². The molecule has 0 aliphatic carbocycles. The summed E-state index contributed by atoms with van der Waals surface area (Å²) >= 11 is 0. The van der Waals surface area contributed by atoms with E-state index >= 15 is 0 Å². The largest absolute Gasteiger partial charge is 0.456 e. The first-order valence-corrected chi connectivity index (χ1v) is 15.4. The Morgan fingerprint density at radius 2 is 1.09 bits per heavy atom. The monoisotopic (exact) mass is 590 g/mol. The van der Waals surface area contributed by atoms with Crippen molar-refractivity contribution in [1.29, 1.82) is 0 Å². The Morgan fingerprint density at radius 3 is 1.98 bits per heavy atom. The second-order valence-corrected chi connectivity index (χ2v) is 11.9. The van der Waals surface area contributed by atoms with Crippen LogP contribution in [0.1, 0.15) is 0 Å². The van der Waals surface area contributed by atoms with Gasteiger partial charge in [-0.3, -0.25) is 0 Å². The van der Waals surface area contributed by atoms with E-state index in [0.29, 0.717) is 5.89 Å². The third kappa shape index (κ3) is 3.06. The standard InChI is InChI=1S/C41H22N2O3/c1-2-11-24-23(10-1)27(41-42-28-14-5-8-18-33(28)46-41)22-36-38(24)40-30(16-9-19-34(40)45-36)43-29-15-6-3-12-25(29)37-31(43)20-21-35-39(37)26-13-4-7-17-32(26)44-35/h1-22H. The van der Waals surface area contributed by atoms with E-state index in [1.807, 2.05) is 36.4 Å². The highest BCUT2D eigenvalue weighted by molar-refractivity contribution is 6.29. The summed E-state index contributed by atoms with van der Waals surface area (Å²) in [6.07, 6.45) is 0. The molecule has 4 aromatic heterocycles. The summed E-state index contributed by atoms with van der Waals surface area (Å²) in [5, 5.41) is 8.92. The number of benzene rings is 7. The number of hydrogen-bond donors (Lipinski definition) is 0. The van der Waals surface area contributed by atoms with Crippen LogP contribution in [0.25, 0.3) is 105 Å². The predicted molar refractivity (Wildman–Crippen MR) is 186 cm³/mol. The maximum Gasteiger partial charge on any atom is 0.228 e. The molecule has 214 valence electrons. The van der Waals surface area contributed by atoms with Crippen LogP contribution in [-0.2, 0) is 0 Å². The highest BCUT2D eigenvalue weighted by Gasteiger charge is 2.23. The maximum atomic E-state index is 6.68. The Morgan fingerprint density at radius 1 is 0.413 bits per heavy atom. The Labute approximate surface area is 260 Å². The summed E-state index contributed by atoms with van der Waals surface area (Å²) in [5.74, 6) is 0.582. The first-order chi connectivity index (χ1) is 22.8. The molecule has 0 saturated heterocycles. The van der Waals surface area contributed by atoms with Gasteiger partial charge in [0.25, 0.3) is 0 Å². The molecule has 11 rings (SSSR count). The molecule has 5 nitrogen and oxygen atoms in total. The first kappa shape index (κ1) is 24.0. The van der Waals surface area contributed by atoms with E-state index in [0.717, 1.165) is 88.0 Å². The van der Waals surface area contributed by atoms with Crippen LogP contribution in [0.3, 0.4) is 0 Å². The number of aromatic nitrogens is 2. The van der Waals surface area contributed by atoms with Crippen molar-refractivity contribution in [3.63, 3.8) is 0 Å². The lowest BCUT2D eigenvalue weighted by Gasteiger charge is -2.11. The number of nitrogens with zero attached hydrogens (tertiary/aromatic N) is 2. The molecule has 0 aliphatic heterocycles. The minimum absolute atomic E-state index is 0.582. The van der Waals surface area contributed by atoms with Crippen LogP contribution >= 0.6 is 0 Å². The van der Waals surface area contributed by atoms with Crippen LogP contribution in [-0.4, -0.2) is 9.55 Å². The molecule has 5 heteroatoms. The molecule has 0 fully saturated rings. The van der Waals surface area contributed by atoms with Gasteiger partial charge in [0.15, 0.2) is 5.58 Å². The molecular formula is C41H22N2O3. The smallest absolute Gasteiger partial charge is 0.228 e. The summed E-state index contributed by atoms with van der Waals surface area (Å²) in [6.45, 7) is 0. The van der Waals surface area contributed by atoms with Crippen LogP contribution in [0.2, 0.25) is 0 Å². The van der Waals surface area contributed by atoms with E-state index in [1.54, 1.807) is 0 Å². The Balaban J connectivity index is 1.28. The van der Waals surface area contributed by atoms with E-state index in [-0.39, 0.29) is 0 Å². The quantitative estimate of drug-likeness (QED) is 0.201. The van der Waals surface area contributed by atoms with Gasteiger partial charge in [-0.05, 0) is 65.4 Å². The molecule has 46 heavy (non-hydrogen) atoms. The Hall–Kier alpha value is -6.33. The molecule has 0 saturated carbocycles.